The standard InChI is InChI=1S/C19H28N4O4/c1-11-14(8-16(24)26-7)12(2)18(22-23-20)13(3)15(11)9-21-10-17(25)27-19(4,5)6/h21H,8-10H2,1-7H3. The van der Waals surface area contributed by atoms with Gasteiger partial charge in [0.1, 0.15) is 5.60 Å². The third-order valence-corrected chi connectivity index (χ3v) is 4.21. The highest BCUT2D eigenvalue weighted by molar-refractivity contribution is 5.76. The van der Waals surface area contributed by atoms with Crippen LogP contribution in [0.5, 0.6) is 0 Å². The second-order valence-electron chi connectivity index (χ2n) is 7.31. The number of esters is 2. The van der Waals surface area contributed by atoms with E-state index in [1.54, 1.807) is 0 Å². The predicted octanol–water partition coefficient (Wildman–Crippen LogP) is 3.70. The van der Waals surface area contributed by atoms with Crippen LogP contribution in [0.1, 0.15) is 48.6 Å². The van der Waals surface area contributed by atoms with E-state index in [4.69, 9.17) is 15.0 Å². The Morgan fingerprint density at radius 2 is 1.67 bits per heavy atom. The lowest BCUT2D eigenvalue weighted by Crippen LogP contribution is -2.31. The Bertz CT molecular complexity index is 775. The van der Waals surface area contributed by atoms with Gasteiger partial charge < -0.3 is 14.8 Å². The average Bonchev–Trinajstić information content (AvgIpc) is 2.56. The van der Waals surface area contributed by atoms with Gasteiger partial charge in [0.05, 0.1) is 20.1 Å². The molecule has 0 unspecified atom stereocenters. The molecule has 0 amide bonds. The number of nitrogens with one attached hydrogen (secondary N) is 1. The first kappa shape index (κ1) is 22.5. The first-order valence-electron chi connectivity index (χ1n) is 8.67. The van der Waals surface area contributed by atoms with Crippen molar-refractivity contribution in [3.8, 4) is 0 Å². The smallest absolute Gasteiger partial charge is 0.320 e. The van der Waals surface area contributed by atoms with Crippen LogP contribution in [-0.2, 0) is 32.0 Å². The molecule has 148 valence electrons. The zero-order valence-corrected chi connectivity index (χ0v) is 17.1. The van der Waals surface area contributed by atoms with Crippen molar-refractivity contribution in [1.29, 1.82) is 0 Å². The van der Waals surface area contributed by atoms with E-state index in [9.17, 15) is 9.59 Å². The van der Waals surface area contributed by atoms with Gasteiger partial charge in [-0.15, -0.1) is 0 Å². The number of carbonyl (C=O) groups excluding carboxylic acids is 2. The summed E-state index contributed by atoms with van der Waals surface area (Å²) in [4.78, 5) is 26.6. The maximum absolute atomic E-state index is 11.9. The van der Waals surface area contributed by atoms with Crippen molar-refractivity contribution in [1.82, 2.24) is 5.32 Å². The first-order chi connectivity index (χ1) is 12.5. The lowest BCUT2D eigenvalue weighted by atomic mass is 9.89. The maximum atomic E-state index is 11.9. The number of benzene rings is 1. The highest BCUT2D eigenvalue weighted by Gasteiger charge is 2.20. The van der Waals surface area contributed by atoms with Crippen molar-refractivity contribution in [3.63, 3.8) is 0 Å². The van der Waals surface area contributed by atoms with Gasteiger partial charge in [0.15, 0.2) is 0 Å². The normalized spacial score (nSPS) is 10.9. The van der Waals surface area contributed by atoms with Crippen LogP contribution < -0.4 is 5.32 Å². The fourth-order valence-electron chi connectivity index (χ4n) is 2.92. The van der Waals surface area contributed by atoms with Gasteiger partial charge in [0, 0.05) is 17.1 Å². The Morgan fingerprint density at radius 1 is 1.07 bits per heavy atom. The van der Waals surface area contributed by atoms with Gasteiger partial charge in [-0.2, -0.15) is 0 Å². The van der Waals surface area contributed by atoms with E-state index < -0.39 is 5.60 Å². The number of methoxy groups -OCH3 is 1. The molecular formula is C19H28N4O4. The maximum Gasteiger partial charge on any atom is 0.320 e. The Labute approximate surface area is 159 Å². The number of hydrogen-bond donors (Lipinski definition) is 1. The quantitative estimate of drug-likeness (QED) is 0.337. The summed E-state index contributed by atoms with van der Waals surface area (Å²) in [5.74, 6) is -0.723. The molecule has 0 spiro atoms. The van der Waals surface area contributed by atoms with Crippen LogP contribution >= 0.6 is 0 Å². The van der Waals surface area contributed by atoms with Crippen LogP contribution in [0, 0.1) is 20.8 Å². The van der Waals surface area contributed by atoms with Crippen molar-refractivity contribution in [2.75, 3.05) is 13.7 Å². The van der Waals surface area contributed by atoms with Gasteiger partial charge in [-0.25, -0.2) is 0 Å². The van der Waals surface area contributed by atoms with Crippen LogP contribution in [0.25, 0.3) is 10.4 Å². The summed E-state index contributed by atoms with van der Waals surface area (Å²) >= 11 is 0. The lowest BCUT2D eigenvalue weighted by Gasteiger charge is -2.21. The van der Waals surface area contributed by atoms with E-state index in [0.717, 1.165) is 27.8 Å². The van der Waals surface area contributed by atoms with Crippen LogP contribution in [0.4, 0.5) is 5.69 Å². The third-order valence-electron chi connectivity index (χ3n) is 4.21. The van der Waals surface area contributed by atoms with Crippen molar-refractivity contribution in [3.05, 3.63) is 38.3 Å². The van der Waals surface area contributed by atoms with Crippen LogP contribution in [0.15, 0.2) is 5.11 Å². The number of ether oxygens (including phenoxy) is 2. The Balaban J connectivity index is 3.16. The van der Waals surface area contributed by atoms with Crippen molar-refractivity contribution in [2.45, 2.75) is 60.1 Å². The van der Waals surface area contributed by atoms with Crippen LogP contribution in [0.2, 0.25) is 0 Å². The average molecular weight is 376 g/mol. The van der Waals surface area contributed by atoms with E-state index >= 15 is 0 Å². The highest BCUT2D eigenvalue weighted by atomic mass is 16.6. The largest absolute Gasteiger partial charge is 0.469 e. The fourth-order valence-corrected chi connectivity index (χ4v) is 2.92. The minimum atomic E-state index is -0.545. The molecule has 0 saturated carbocycles. The molecule has 8 heteroatoms. The number of nitrogens with zero attached hydrogens (tertiary/aromatic N) is 3. The summed E-state index contributed by atoms with van der Waals surface area (Å²) in [5, 5.41) is 6.87. The van der Waals surface area contributed by atoms with Gasteiger partial charge in [-0.3, -0.25) is 9.59 Å². The van der Waals surface area contributed by atoms with Gasteiger partial charge in [-0.05, 0) is 74.9 Å². The van der Waals surface area contributed by atoms with E-state index in [2.05, 4.69) is 15.3 Å². The molecule has 0 saturated heterocycles. The molecule has 0 aliphatic carbocycles. The summed E-state index contributed by atoms with van der Waals surface area (Å²) in [6.45, 7) is 11.4. The topological polar surface area (TPSA) is 113 Å². The second kappa shape index (κ2) is 9.39. The molecule has 1 aromatic carbocycles. The summed E-state index contributed by atoms with van der Waals surface area (Å²) in [6, 6.07) is 0. The lowest BCUT2D eigenvalue weighted by molar-refractivity contribution is -0.153. The molecule has 1 N–H and O–H groups in total. The number of rotatable bonds is 7. The molecule has 27 heavy (non-hydrogen) atoms. The molecule has 8 nitrogen and oxygen atoms in total. The summed E-state index contributed by atoms with van der Waals surface area (Å²) < 4.78 is 10.1. The molecule has 0 fully saturated rings. The van der Waals surface area contributed by atoms with Crippen molar-refractivity contribution < 1.29 is 19.1 Å². The summed E-state index contributed by atoms with van der Waals surface area (Å²) in [5.41, 5.74) is 13.0. The van der Waals surface area contributed by atoms with Crippen LogP contribution in [-0.4, -0.2) is 31.2 Å². The molecule has 1 rings (SSSR count). The van der Waals surface area contributed by atoms with E-state index in [1.165, 1.54) is 7.11 Å². The van der Waals surface area contributed by atoms with Crippen molar-refractivity contribution >= 4 is 17.6 Å². The van der Waals surface area contributed by atoms with E-state index in [0.29, 0.717) is 12.2 Å². The second-order valence-corrected chi connectivity index (χ2v) is 7.31. The Kier molecular flexibility index (Phi) is 7.82. The van der Waals surface area contributed by atoms with E-state index in [1.807, 2.05) is 41.5 Å². The minimum absolute atomic E-state index is 0.0488. The molecule has 0 aromatic heterocycles. The van der Waals surface area contributed by atoms with Gasteiger partial charge >= 0.3 is 11.9 Å². The first-order valence-corrected chi connectivity index (χ1v) is 8.67. The molecule has 0 aliphatic rings. The van der Waals surface area contributed by atoms with Crippen LogP contribution in [0.3, 0.4) is 0 Å². The number of carbonyl (C=O) groups is 2. The monoisotopic (exact) mass is 376 g/mol. The summed E-state index contributed by atoms with van der Waals surface area (Å²) in [6.07, 6.45) is 0.0848. The molecule has 1 aromatic rings. The Morgan fingerprint density at radius 3 is 2.19 bits per heavy atom. The number of azide groups is 1. The zero-order valence-electron chi connectivity index (χ0n) is 17.1. The summed E-state index contributed by atoms with van der Waals surface area (Å²) in [7, 11) is 1.33. The molecule has 0 radical (unpaired) electrons. The zero-order chi connectivity index (χ0) is 20.8. The highest BCUT2D eigenvalue weighted by Crippen LogP contribution is 2.34. The molecule has 0 atom stereocenters. The van der Waals surface area contributed by atoms with Gasteiger partial charge in [0.25, 0.3) is 0 Å². The van der Waals surface area contributed by atoms with Gasteiger partial charge in [-0.1, -0.05) is 5.11 Å². The minimum Gasteiger partial charge on any atom is -0.469 e. The molecule has 0 heterocycles. The molecule has 0 aliphatic heterocycles. The molecule has 0 bridgehead atoms. The van der Waals surface area contributed by atoms with E-state index in [-0.39, 0.29) is 24.9 Å². The third kappa shape index (κ3) is 6.27. The number of hydrogen-bond acceptors (Lipinski definition) is 6. The van der Waals surface area contributed by atoms with Gasteiger partial charge in [0.2, 0.25) is 0 Å². The predicted molar refractivity (Wildman–Crippen MR) is 103 cm³/mol. The molecular weight excluding hydrogens is 348 g/mol. The SMILES string of the molecule is COC(=O)Cc1c(C)c(CNCC(=O)OC(C)(C)C)c(C)c(N=[N+]=[N-])c1C. The fraction of sp³-hybridized carbons (Fsp3) is 0.579. The van der Waals surface area contributed by atoms with Crippen molar-refractivity contribution in [2.24, 2.45) is 5.11 Å². The Hall–Kier alpha value is -2.57.